The molecule has 0 radical (unpaired) electrons. The summed E-state index contributed by atoms with van der Waals surface area (Å²) in [7, 11) is 1.72. The van der Waals surface area contributed by atoms with Gasteiger partial charge in [0.05, 0.1) is 11.6 Å². The van der Waals surface area contributed by atoms with E-state index < -0.39 is 0 Å². The van der Waals surface area contributed by atoms with Crippen molar-refractivity contribution < 1.29 is 4.74 Å². The van der Waals surface area contributed by atoms with Crippen molar-refractivity contribution in [2.24, 2.45) is 0 Å². The number of thioether (sulfide) groups is 1. The zero-order chi connectivity index (χ0) is 12.7. The van der Waals surface area contributed by atoms with E-state index >= 15 is 0 Å². The number of nitrogens with zero attached hydrogens (tertiary/aromatic N) is 1. The van der Waals surface area contributed by atoms with Crippen LogP contribution in [0.5, 0.6) is 0 Å². The van der Waals surface area contributed by atoms with E-state index in [9.17, 15) is 0 Å². The van der Waals surface area contributed by atoms with Gasteiger partial charge in [-0.15, -0.1) is 11.8 Å². The zero-order valence-electron chi connectivity index (χ0n) is 11.1. The van der Waals surface area contributed by atoms with E-state index in [2.05, 4.69) is 36.3 Å². The third-order valence-corrected chi connectivity index (χ3v) is 3.33. The SMILES string of the molecule is COCCNCC(C)Sc1cc(C)cc(C)n1. The Kier molecular flexibility index (Phi) is 6.55. The third kappa shape index (κ3) is 6.05. The molecule has 1 aromatic rings. The second kappa shape index (κ2) is 7.69. The molecule has 17 heavy (non-hydrogen) atoms. The molecule has 0 saturated carbocycles. The molecule has 0 aromatic carbocycles. The first-order valence-corrected chi connectivity index (χ1v) is 6.81. The summed E-state index contributed by atoms with van der Waals surface area (Å²) < 4.78 is 4.99. The lowest BCUT2D eigenvalue weighted by molar-refractivity contribution is 0.199. The maximum atomic E-state index is 4.99. The summed E-state index contributed by atoms with van der Waals surface area (Å²) in [6.45, 7) is 9.01. The monoisotopic (exact) mass is 254 g/mol. The number of hydrogen-bond donors (Lipinski definition) is 1. The molecule has 0 aliphatic carbocycles. The topological polar surface area (TPSA) is 34.1 Å². The van der Waals surface area contributed by atoms with Gasteiger partial charge in [0.1, 0.15) is 0 Å². The number of nitrogens with one attached hydrogen (secondary N) is 1. The van der Waals surface area contributed by atoms with Crippen LogP contribution in [0.25, 0.3) is 0 Å². The Bertz CT molecular complexity index is 324. The second-order valence-corrected chi connectivity index (χ2v) is 5.71. The first-order chi connectivity index (χ1) is 8.11. The van der Waals surface area contributed by atoms with Crippen LogP contribution in [0, 0.1) is 13.8 Å². The van der Waals surface area contributed by atoms with Crippen LogP contribution >= 0.6 is 11.8 Å². The smallest absolute Gasteiger partial charge is 0.0968 e. The van der Waals surface area contributed by atoms with Crippen molar-refractivity contribution in [1.82, 2.24) is 10.3 Å². The Hall–Kier alpha value is -0.580. The molecule has 1 N–H and O–H groups in total. The average Bonchev–Trinajstić information content (AvgIpc) is 2.23. The van der Waals surface area contributed by atoms with E-state index in [0.717, 1.165) is 30.4 Å². The number of rotatable bonds is 7. The van der Waals surface area contributed by atoms with Crippen molar-refractivity contribution in [2.45, 2.75) is 31.0 Å². The number of aryl methyl sites for hydroxylation is 2. The molecule has 1 unspecified atom stereocenters. The minimum absolute atomic E-state index is 0.514. The quantitative estimate of drug-likeness (QED) is 0.598. The molecule has 0 spiro atoms. The van der Waals surface area contributed by atoms with Gasteiger partial charge >= 0.3 is 0 Å². The van der Waals surface area contributed by atoms with Gasteiger partial charge in [0, 0.05) is 31.1 Å². The number of pyridine rings is 1. The average molecular weight is 254 g/mol. The maximum absolute atomic E-state index is 4.99. The molecule has 1 rings (SSSR count). The van der Waals surface area contributed by atoms with Crippen molar-refractivity contribution in [3.63, 3.8) is 0 Å². The van der Waals surface area contributed by atoms with Crippen LogP contribution in [-0.2, 0) is 4.74 Å². The van der Waals surface area contributed by atoms with E-state index in [0.29, 0.717) is 5.25 Å². The molecule has 0 amide bonds. The Balaban J connectivity index is 2.36. The van der Waals surface area contributed by atoms with Crippen LogP contribution in [0.2, 0.25) is 0 Å². The lowest BCUT2D eigenvalue weighted by Gasteiger charge is -2.12. The van der Waals surface area contributed by atoms with Crippen molar-refractivity contribution in [2.75, 3.05) is 26.8 Å². The lowest BCUT2D eigenvalue weighted by Crippen LogP contribution is -2.26. The van der Waals surface area contributed by atoms with Crippen LogP contribution in [0.3, 0.4) is 0 Å². The molecule has 0 aliphatic heterocycles. The number of methoxy groups -OCH3 is 1. The Morgan fingerprint density at radius 1 is 1.41 bits per heavy atom. The van der Waals surface area contributed by atoms with Gasteiger partial charge in [0.25, 0.3) is 0 Å². The van der Waals surface area contributed by atoms with Gasteiger partial charge in [0.2, 0.25) is 0 Å². The number of hydrogen-bond acceptors (Lipinski definition) is 4. The first-order valence-electron chi connectivity index (χ1n) is 5.93. The minimum atomic E-state index is 0.514. The molecule has 1 aromatic heterocycles. The Labute approximate surface area is 108 Å². The molecular formula is C13H22N2OS. The van der Waals surface area contributed by atoms with E-state index in [1.807, 2.05) is 18.7 Å². The fourth-order valence-corrected chi connectivity index (χ4v) is 2.66. The standard InChI is InChI=1S/C13H22N2OS/c1-10-7-11(2)15-13(8-10)17-12(3)9-14-5-6-16-4/h7-8,12,14H,5-6,9H2,1-4H3. The summed E-state index contributed by atoms with van der Waals surface area (Å²) in [5, 5.41) is 4.99. The summed E-state index contributed by atoms with van der Waals surface area (Å²) in [6.07, 6.45) is 0. The van der Waals surface area contributed by atoms with Crippen LogP contribution in [-0.4, -0.2) is 37.0 Å². The van der Waals surface area contributed by atoms with Gasteiger partial charge in [-0.2, -0.15) is 0 Å². The molecular weight excluding hydrogens is 232 g/mol. The highest BCUT2D eigenvalue weighted by atomic mass is 32.2. The van der Waals surface area contributed by atoms with Gasteiger partial charge in [-0.05, 0) is 31.5 Å². The van der Waals surface area contributed by atoms with Crippen LogP contribution < -0.4 is 5.32 Å². The molecule has 4 heteroatoms. The van der Waals surface area contributed by atoms with E-state index in [1.165, 1.54) is 5.56 Å². The van der Waals surface area contributed by atoms with Gasteiger partial charge in [-0.1, -0.05) is 6.92 Å². The molecule has 0 saturated heterocycles. The van der Waals surface area contributed by atoms with Gasteiger partial charge in [-0.25, -0.2) is 4.98 Å². The minimum Gasteiger partial charge on any atom is -0.383 e. The van der Waals surface area contributed by atoms with Crippen molar-refractivity contribution >= 4 is 11.8 Å². The predicted molar refractivity (Wildman–Crippen MR) is 73.8 cm³/mol. The third-order valence-electron chi connectivity index (χ3n) is 2.31. The highest BCUT2D eigenvalue weighted by molar-refractivity contribution is 7.99. The summed E-state index contributed by atoms with van der Waals surface area (Å²) in [4.78, 5) is 4.53. The van der Waals surface area contributed by atoms with Gasteiger partial charge in [-0.3, -0.25) is 0 Å². The van der Waals surface area contributed by atoms with Crippen molar-refractivity contribution in [1.29, 1.82) is 0 Å². The second-order valence-electron chi connectivity index (χ2n) is 4.25. The first kappa shape index (κ1) is 14.5. The van der Waals surface area contributed by atoms with E-state index in [4.69, 9.17) is 4.74 Å². The lowest BCUT2D eigenvalue weighted by atomic mass is 10.3. The maximum Gasteiger partial charge on any atom is 0.0968 e. The van der Waals surface area contributed by atoms with Crippen molar-refractivity contribution in [3.8, 4) is 0 Å². The summed E-state index contributed by atoms with van der Waals surface area (Å²) in [5.74, 6) is 0. The highest BCUT2D eigenvalue weighted by Gasteiger charge is 2.06. The van der Waals surface area contributed by atoms with E-state index in [1.54, 1.807) is 7.11 Å². The molecule has 1 atom stereocenters. The van der Waals surface area contributed by atoms with Gasteiger partial charge < -0.3 is 10.1 Å². The summed E-state index contributed by atoms with van der Waals surface area (Å²) in [6, 6.07) is 4.24. The number of aromatic nitrogens is 1. The van der Waals surface area contributed by atoms with Crippen LogP contribution in [0.15, 0.2) is 17.2 Å². The van der Waals surface area contributed by atoms with Crippen LogP contribution in [0.4, 0.5) is 0 Å². The zero-order valence-corrected chi connectivity index (χ0v) is 11.9. The summed E-state index contributed by atoms with van der Waals surface area (Å²) in [5.41, 5.74) is 2.37. The predicted octanol–water partition coefficient (Wildman–Crippen LogP) is 2.42. The Morgan fingerprint density at radius 2 is 2.18 bits per heavy atom. The molecule has 96 valence electrons. The fraction of sp³-hybridized carbons (Fsp3) is 0.615. The molecule has 0 bridgehead atoms. The normalized spacial score (nSPS) is 12.7. The van der Waals surface area contributed by atoms with Gasteiger partial charge in [0.15, 0.2) is 0 Å². The molecule has 3 nitrogen and oxygen atoms in total. The molecule has 0 aliphatic rings. The molecule has 0 fully saturated rings. The molecule has 1 heterocycles. The number of ether oxygens (including phenoxy) is 1. The largest absolute Gasteiger partial charge is 0.383 e. The van der Waals surface area contributed by atoms with Crippen LogP contribution in [0.1, 0.15) is 18.2 Å². The summed E-state index contributed by atoms with van der Waals surface area (Å²) >= 11 is 1.82. The Morgan fingerprint density at radius 3 is 2.82 bits per heavy atom. The fourth-order valence-electron chi connectivity index (χ4n) is 1.59. The van der Waals surface area contributed by atoms with Crippen molar-refractivity contribution in [3.05, 3.63) is 23.4 Å². The van der Waals surface area contributed by atoms with E-state index in [-0.39, 0.29) is 0 Å². The highest BCUT2D eigenvalue weighted by Crippen LogP contribution is 2.22.